The molecule has 2 nitrogen and oxygen atoms in total. The fraction of sp³-hybridized carbons (Fsp3) is 0.167. The van der Waals surface area contributed by atoms with Crippen LogP contribution >= 0.6 is 11.6 Å². The molecule has 112 valence electrons. The van der Waals surface area contributed by atoms with E-state index in [0.717, 1.165) is 0 Å². The maximum absolute atomic E-state index is 13.8. The van der Waals surface area contributed by atoms with E-state index in [4.69, 9.17) is 16.3 Å². The molecule has 0 saturated heterocycles. The van der Waals surface area contributed by atoms with Gasteiger partial charge in [-0.1, -0.05) is 35.9 Å². The number of hydrogen-bond donors (Lipinski definition) is 0. The Balaban J connectivity index is 2.37. The molecule has 0 aromatic heterocycles. The van der Waals surface area contributed by atoms with Gasteiger partial charge in [-0.15, -0.1) is 0 Å². The highest BCUT2D eigenvalue weighted by Gasteiger charge is 2.08. The van der Waals surface area contributed by atoms with Crippen molar-refractivity contribution in [2.24, 2.45) is 0 Å². The van der Waals surface area contributed by atoms with Crippen LogP contribution in [0.2, 0.25) is 5.02 Å². The van der Waals surface area contributed by atoms with Crippen LogP contribution in [-0.2, 0) is 0 Å². The summed E-state index contributed by atoms with van der Waals surface area (Å²) in [6.07, 6.45) is 1.62. The summed E-state index contributed by atoms with van der Waals surface area (Å²) >= 11 is 6.17. The lowest BCUT2D eigenvalue weighted by molar-refractivity contribution is 0.242. The number of hydrogen-bond acceptors (Lipinski definition) is 2. The Bertz CT molecular complexity index is 747. The summed E-state index contributed by atoms with van der Waals surface area (Å²) < 4.78 is 19.3. The van der Waals surface area contributed by atoms with E-state index < -0.39 is 5.82 Å². The van der Waals surface area contributed by atoms with Crippen molar-refractivity contribution < 1.29 is 9.13 Å². The van der Waals surface area contributed by atoms with Gasteiger partial charge in [-0.25, -0.2) is 4.39 Å². The van der Waals surface area contributed by atoms with E-state index in [1.807, 2.05) is 19.9 Å². The minimum absolute atomic E-state index is 0.0203. The minimum atomic E-state index is -0.429. The van der Waals surface area contributed by atoms with Gasteiger partial charge in [0, 0.05) is 5.56 Å². The first-order valence-electron chi connectivity index (χ1n) is 6.84. The quantitative estimate of drug-likeness (QED) is 0.564. The Morgan fingerprint density at radius 2 is 2.00 bits per heavy atom. The van der Waals surface area contributed by atoms with E-state index in [-0.39, 0.29) is 17.2 Å². The number of halogens is 2. The van der Waals surface area contributed by atoms with Crippen LogP contribution in [0.5, 0.6) is 5.75 Å². The Morgan fingerprint density at radius 3 is 2.59 bits per heavy atom. The van der Waals surface area contributed by atoms with Crippen LogP contribution in [0, 0.1) is 17.1 Å². The van der Waals surface area contributed by atoms with Crippen LogP contribution in [0.15, 0.2) is 42.5 Å². The number of nitrogens with zero attached hydrogens (tertiary/aromatic N) is 1. The van der Waals surface area contributed by atoms with Crippen molar-refractivity contribution in [1.29, 1.82) is 5.26 Å². The first kappa shape index (κ1) is 16.1. The molecule has 0 aliphatic heterocycles. The molecule has 0 atom stereocenters. The van der Waals surface area contributed by atoms with Crippen LogP contribution in [0.25, 0.3) is 11.6 Å². The highest BCUT2D eigenvalue weighted by Crippen LogP contribution is 2.28. The summed E-state index contributed by atoms with van der Waals surface area (Å²) in [6.45, 7) is 3.83. The number of nitriles is 1. The Labute approximate surface area is 134 Å². The molecule has 0 aliphatic rings. The zero-order valence-electron chi connectivity index (χ0n) is 12.3. The average molecular weight is 316 g/mol. The number of allylic oxidation sites excluding steroid dienone is 1. The fourth-order valence-electron chi connectivity index (χ4n) is 1.97. The molecule has 0 unspecified atom stereocenters. The highest BCUT2D eigenvalue weighted by atomic mass is 35.5. The smallest absolute Gasteiger partial charge is 0.138 e. The molecule has 0 heterocycles. The van der Waals surface area contributed by atoms with Gasteiger partial charge in [0.05, 0.1) is 22.8 Å². The van der Waals surface area contributed by atoms with Gasteiger partial charge in [0.15, 0.2) is 0 Å². The topological polar surface area (TPSA) is 33.0 Å². The first-order valence-corrected chi connectivity index (χ1v) is 7.22. The van der Waals surface area contributed by atoms with Crippen molar-refractivity contribution in [2.75, 3.05) is 0 Å². The normalized spacial score (nSPS) is 11.4. The maximum atomic E-state index is 13.8. The minimum Gasteiger partial charge on any atom is -0.489 e. The van der Waals surface area contributed by atoms with Gasteiger partial charge < -0.3 is 4.74 Å². The van der Waals surface area contributed by atoms with E-state index in [1.165, 1.54) is 6.07 Å². The zero-order valence-corrected chi connectivity index (χ0v) is 13.1. The Morgan fingerprint density at radius 1 is 1.27 bits per heavy atom. The van der Waals surface area contributed by atoms with E-state index in [9.17, 15) is 9.65 Å². The van der Waals surface area contributed by atoms with Crippen LogP contribution in [0.4, 0.5) is 4.39 Å². The van der Waals surface area contributed by atoms with E-state index >= 15 is 0 Å². The van der Waals surface area contributed by atoms with E-state index in [2.05, 4.69) is 0 Å². The second-order valence-electron chi connectivity index (χ2n) is 5.01. The van der Waals surface area contributed by atoms with Gasteiger partial charge in [0.1, 0.15) is 11.6 Å². The first-order chi connectivity index (χ1) is 10.5. The van der Waals surface area contributed by atoms with E-state index in [0.29, 0.717) is 16.3 Å². The fourth-order valence-corrected chi connectivity index (χ4v) is 2.21. The molecule has 0 bridgehead atoms. The number of benzene rings is 2. The lowest BCUT2D eigenvalue weighted by Crippen LogP contribution is -2.05. The molecule has 2 aromatic rings. The molecule has 22 heavy (non-hydrogen) atoms. The summed E-state index contributed by atoms with van der Waals surface area (Å²) in [6, 6.07) is 13.4. The average Bonchev–Trinajstić information content (AvgIpc) is 2.48. The second-order valence-corrected chi connectivity index (χ2v) is 5.41. The summed E-state index contributed by atoms with van der Waals surface area (Å²) in [5.74, 6) is 0.152. The number of ether oxygens (including phenoxy) is 1. The molecule has 0 amide bonds. The molecule has 2 rings (SSSR count). The van der Waals surface area contributed by atoms with Crippen molar-refractivity contribution in [1.82, 2.24) is 0 Å². The molecule has 0 fully saturated rings. The maximum Gasteiger partial charge on any atom is 0.138 e. The third kappa shape index (κ3) is 3.87. The summed E-state index contributed by atoms with van der Waals surface area (Å²) in [5, 5.41) is 9.72. The Kier molecular flexibility index (Phi) is 5.19. The van der Waals surface area contributed by atoms with Crippen LogP contribution < -0.4 is 4.74 Å². The molecule has 0 N–H and O–H groups in total. The Hall–Kier alpha value is -2.31. The molecule has 4 heteroatoms. The monoisotopic (exact) mass is 315 g/mol. The molecule has 0 saturated carbocycles. The van der Waals surface area contributed by atoms with Gasteiger partial charge in [0.2, 0.25) is 0 Å². The molecule has 0 radical (unpaired) electrons. The van der Waals surface area contributed by atoms with Gasteiger partial charge in [0.25, 0.3) is 0 Å². The summed E-state index contributed by atoms with van der Waals surface area (Å²) in [4.78, 5) is 0. The van der Waals surface area contributed by atoms with Gasteiger partial charge in [-0.3, -0.25) is 0 Å². The molecular weight excluding hydrogens is 301 g/mol. The van der Waals surface area contributed by atoms with Crippen LogP contribution in [0.1, 0.15) is 25.0 Å². The van der Waals surface area contributed by atoms with Gasteiger partial charge in [-0.2, -0.15) is 5.26 Å². The lowest BCUT2D eigenvalue weighted by atomic mass is 10.0. The second kappa shape index (κ2) is 7.11. The molecular formula is C18H15ClFNO. The van der Waals surface area contributed by atoms with Crippen LogP contribution in [-0.4, -0.2) is 6.10 Å². The highest BCUT2D eigenvalue weighted by molar-refractivity contribution is 6.32. The number of rotatable bonds is 4. The predicted molar refractivity (Wildman–Crippen MR) is 87.1 cm³/mol. The lowest BCUT2D eigenvalue weighted by Gasteiger charge is -2.11. The SMILES string of the molecule is CC(C)Oc1ccc(/C=C(/C#N)c2ccccc2F)cc1Cl. The van der Waals surface area contributed by atoms with Crippen LogP contribution in [0.3, 0.4) is 0 Å². The van der Waals surface area contributed by atoms with Gasteiger partial charge in [-0.05, 0) is 43.7 Å². The predicted octanol–water partition coefficient (Wildman–Crippen LogP) is 5.33. The molecule has 0 spiro atoms. The summed E-state index contributed by atoms with van der Waals surface area (Å²) in [7, 11) is 0. The van der Waals surface area contributed by atoms with Crippen molar-refractivity contribution in [3.05, 3.63) is 64.4 Å². The third-order valence-corrected chi connectivity index (χ3v) is 3.21. The van der Waals surface area contributed by atoms with E-state index in [1.54, 1.807) is 42.5 Å². The van der Waals surface area contributed by atoms with Crippen molar-refractivity contribution in [3.8, 4) is 11.8 Å². The molecule has 2 aromatic carbocycles. The third-order valence-electron chi connectivity index (χ3n) is 2.91. The standard InChI is InChI=1S/C18H15ClFNO/c1-12(2)22-18-8-7-13(10-16(18)19)9-14(11-21)15-5-3-4-6-17(15)20/h3-10,12H,1-2H3/b14-9-. The van der Waals surface area contributed by atoms with Crippen molar-refractivity contribution in [2.45, 2.75) is 20.0 Å². The van der Waals surface area contributed by atoms with Crippen molar-refractivity contribution in [3.63, 3.8) is 0 Å². The van der Waals surface area contributed by atoms with Crippen molar-refractivity contribution >= 4 is 23.3 Å². The largest absolute Gasteiger partial charge is 0.489 e. The summed E-state index contributed by atoms with van der Waals surface area (Å²) in [5.41, 5.74) is 1.22. The molecule has 0 aliphatic carbocycles. The zero-order chi connectivity index (χ0) is 16.1. The van der Waals surface area contributed by atoms with Gasteiger partial charge >= 0.3 is 0 Å².